The predicted molar refractivity (Wildman–Crippen MR) is 583 cm³/mol. The van der Waals surface area contributed by atoms with Crippen LogP contribution in [0.25, 0.3) is 84.0 Å². The molecule has 2 aliphatic heterocycles. The quantitative estimate of drug-likeness (QED) is 0.0283. The zero-order chi connectivity index (χ0) is 104. The second-order valence-corrected chi connectivity index (χ2v) is 50.7. The number of thiazole rings is 4. The zero-order valence-corrected chi connectivity index (χ0v) is 91.2. The van der Waals surface area contributed by atoms with Gasteiger partial charge in [-0.3, -0.25) is 0 Å². The SMILES string of the molecule is CC(C)Oc1ccc(-c2ncc(-c3cccc4c3CC[C@@H]4NS(=O)(=O)CCN(C)C)s2)cc1C#N.CC(C)Oc1ccc(-c2ncc(-c3cccc4c3CC[C@@H]4NS(=O)(=O)CCN3CCCCC3)s2)cc1C#N.CC(C)Oc1ccc(-c2ncc(-c3cccc4c3CC[C@H]4NS(=O)(=O)CCN(C)C)s2)cc1C#N.CC(C)Oc1ccc(-c2ncc(-c3cccc4c3CC[C@H]4NS(=O)(=O)CCN3CCCCC3)s2)cc1C#N. The maximum Gasteiger partial charge on any atom is 0.213 e. The van der Waals surface area contributed by atoms with Crippen LogP contribution in [-0.2, 0) is 65.8 Å². The molecule has 0 bridgehead atoms. The van der Waals surface area contributed by atoms with Crippen molar-refractivity contribution >= 4 is 85.4 Å². The average Bonchev–Trinajstić information content (AvgIpc) is 1.64. The maximum atomic E-state index is 12.9. The summed E-state index contributed by atoms with van der Waals surface area (Å²) in [6, 6.07) is 54.7. The number of aromatic nitrogens is 4. The number of hydrogen-bond acceptors (Lipinski definition) is 28. The molecule has 4 aliphatic carbocycles. The smallest absolute Gasteiger partial charge is 0.213 e. The van der Waals surface area contributed by atoms with Crippen molar-refractivity contribution in [2.24, 2.45) is 0 Å². The van der Waals surface area contributed by atoms with Crippen molar-refractivity contribution in [1.29, 1.82) is 21.0 Å². The molecule has 0 unspecified atom stereocenters. The van der Waals surface area contributed by atoms with E-state index in [1.807, 2.05) is 239 Å². The van der Waals surface area contributed by atoms with Crippen LogP contribution in [0.1, 0.15) is 211 Å². The Balaban J connectivity index is 0.000000146. The molecule has 12 aromatic rings. The molecule has 0 saturated carbocycles. The maximum absolute atomic E-state index is 12.9. The van der Waals surface area contributed by atoms with Crippen LogP contribution in [0.4, 0.5) is 0 Å². The van der Waals surface area contributed by atoms with Gasteiger partial charge in [0.15, 0.2) is 0 Å². The summed E-state index contributed by atoms with van der Waals surface area (Å²) >= 11 is 6.28. The molecule has 2 saturated heterocycles. The molecule has 6 heterocycles. The molecule has 28 nitrogen and oxygen atoms in total. The van der Waals surface area contributed by atoms with Gasteiger partial charge in [-0.15, -0.1) is 45.3 Å². The number of piperidine rings is 2. The minimum absolute atomic E-state index is 0.0115. The average molecular weight is 2120 g/mol. The highest BCUT2D eigenvalue weighted by molar-refractivity contribution is 7.90. The molecule has 0 radical (unpaired) electrons. The van der Waals surface area contributed by atoms with Crippen molar-refractivity contribution in [3.05, 3.63) is 237 Å². The third-order valence-corrected chi connectivity index (χ3v) is 35.9. The number of nitriles is 4. The van der Waals surface area contributed by atoms with Crippen LogP contribution in [0.15, 0.2) is 170 Å². The highest BCUT2D eigenvalue weighted by atomic mass is 32.2. The fraction of sp³-hybridized carbons (Fsp3) is 0.418. The van der Waals surface area contributed by atoms with Gasteiger partial charge in [0.05, 0.1) is 89.2 Å². The van der Waals surface area contributed by atoms with Crippen molar-refractivity contribution in [1.82, 2.24) is 58.4 Å². The minimum Gasteiger partial charge on any atom is -0.490 e. The van der Waals surface area contributed by atoms with Crippen LogP contribution in [0.3, 0.4) is 0 Å². The molecular weight excluding hydrogens is 1990 g/mol. The third kappa shape index (κ3) is 28.5. The van der Waals surface area contributed by atoms with E-state index in [-0.39, 0.29) is 71.6 Å². The van der Waals surface area contributed by atoms with Gasteiger partial charge in [0.25, 0.3) is 0 Å². The van der Waals surface area contributed by atoms with E-state index in [1.165, 1.54) is 35.1 Å². The Bertz CT molecular complexity index is 6870. The number of sulfonamides is 4. The van der Waals surface area contributed by atoms with Crippen LogP contribution in [-0.4, -0.2) is 201 Å². The molecule has 6 aliphatic rings. The first kappa shape index (κ1) is 109. The highest BCUT2D eigenvalue weighted by Gasteiger charge is 2.36. The van der Waals surface area contributed by atoms with E-state index in [0.29, 0.717) is 71.4 Å². The van der Waals surface area contributed by atoms with E-state index in [2.05, 4.69) is 97.2 Å². The molecule has 0 spiro atoms. The number of benzene rings is 8. The molecule has 0 amide bonds. The third-order valence-electron chi connectivity index (χ3n) is 26.2. The second-order valence-electron chi connectivity index (χ2n) is 39.1. The fourth-order valence-electron chi connectivity index (χ4n) is 19.2. The van der Waals surface area contributed by atoms with Gasteiger partial charge in [-0.2, -0.15) is 21.0 Å². The van der Waals surface area contributed by atoms with Gasteiger partial charge in [0, 0.05) is 97.4 Å². The molecule has 4 N–H and O–H groups in total. The monoisotopic (exact) mass is 2120 g/mol. The molecule has 146 heavy (non-hydrogen) atoms. The predicted octanol–water partition coefficient (Wildman–Crippen LogP) is 20.3. The van der Waals surface area contributed by atoms with E-state index in [9.17, 15) is 54.7 Å². The van der Waals surface area contributed by atoms with Crippen molar-refractivity contribution in [3.8, 4) is 131 Å². The normalized spacial score (nSPS) is 16.7. The standard InChI is InChI=1S/2C29H34N4O3S2.2C26H30N4O3S2/c2*1-20(2)36-27-12-9-21(17-22(27)18-30)29-31-19-28(37-29)25-8-6-7-24-23(25)10-11-26(24)32-38(34,35)16-15-33-13-4-3-5-14-33;2*1-17(2)33-24-11-8-18(14-19(24)15-27)26-28-16-25(34-26)22-7-5-6-21-20(22)9-10-23(21)29-35(31,32)13-12-30(3)4/h2*6-9,12,17,19-20,26,32H,3-5,10-11,13-16H2,1-2H3;2*5-8,11,14,16-17,23,29H,9-10,12-13H2,1-4H3/t2*26-;2*23-/m1010/s1. The number of nitrogens with zero attached hydrogens (tertiary/aromatic N) is 12. The molecule has 768 valence electrons. The summed E-state index contributed by atoms with van der Waals surface area (Å²) in [5.41, 5.74) is 18.7. The first-order valence-corrected chi connectivity index (χ1v) is 59.8. The molecule has 4 atom stereocenters. The summed E-state index contributed by atoms with van der Waals surface area (Å²) < 4.78 is 137. The molecule has 2 fully saturated rings. The number of rotatable bonds is 36. The minimum atomic E-state index is -3.37. The lowest BCUT2D eigenvalue weighted by atomic mass is 10.0. The lowest BCUT2D eigenvalue weighted by molar-refractivity contribution is 0.241. The molecule has 8 aromatic carbocycles. The first-order valence-electron chi connectivity index (χ1n) is 49.9. The van der Waals surface area contributed by atoms with E-state index >= 15 is 0 Å². The lowest BCUT2D eigenvalue weighted by Crippen LogP contribution is -2.38. The van der Waals surface area contributed by atoms with Crippen LogP contribution in [0.5, 0.6) is 23.0 Å². The van der Waals surface area contributed by atoms with Crippen molar-refractivity contribution < 1.29 is 52.6 Å². The second kappa shape index (κ2) is 49.4. The Kier molecular flexibility index (Phi) is 36.9. The highest BCUT2D eigenvalue weighted by Crippen LogP contribution is 2.48. The molecular formula is C110H128N16O12S8. The zero-order valence-electron chi connectivity index (χ0n) is 84.7. The van der Waals surface area contributed by atoms with Crippen LogP contribution < -0.4 is 37.8 Å². The number of likely N-dealkylation sites (tertiary alicyclic amines) is 2. The number of fused-ring (bicyclic) bond motifs is 4. The number of nitrogens with one attached hydrogen (secondary N) is 4. The van der Waals surface area contributed by atoms with Crippen LogP contribution >= 0.6 is 45.3 Å². The van der Waals surface area contributed by atoms with Crippen LogP contribution in [0.2, 0.25) is 0 Å². The van der Waals surface area contributed by atoms with Crippen molar-refractivity contribution in [2.45, 2.75) is 194 Å². The summed E-state index contributed by atoms with van der Waals surface area (Å²) in [7, 11) is -6.02. The van der Waals surface area contributed by atoms with Gasteiger partial charge in [-0.1, -0.05) is 85.6 Å². The molecule has 4 aromatic heterocycles. The van der Waals surface area contributed by atoms with E-state index in [1.54, 1.807) is 45.3 Å². The Morgan fingerprint density at radius 3 is 0.795 bits per heavy atom. The van der Waals surface area contributed by atoms with E-state index in [0.717, 1.165) is 210 Å². The summed E-state index contributed by atoms with van der Waals surface area (Å²) in [6.45, 7) is 21.6. The Morgan fingerprint density at radius 2 is 0.575 bits per heavy atom. The van der Waals surface area contributed by atoms with E-state index in [4.69, 9.17) is 18.9 Å². The molecule has 18 rings (SSSR count). The van der Waals surface area contributed by atoms with Crippen molar-refractivity contribution in [3.63, 3.8) is 0 Å². The van der Waals surface area contributed by atoms with E-state index < -0.39 is 40.1 Å². The van der Waals surface area contributed by atoms with Crippen LogP contribution in [0, 0.1) is 45.3 Å². The number of hydrogen-bond donors (Lipinski definition) is 4. The summed E-state index contributed by atoms with van der Waals surface area (Å²) in [4.78, 5) is 30.9. The van der Waals surface area contributed by atoms with Gasteiger partial charge in [0.2, 0.25) is 40.1 Å². The van der Waals surface area contributed by atoms with Gasteiger partial charge in [-0.05, 0) is 326 Å². The van der Waals surface area contributed by atoms with Gasteiger partial charge < -0.3 is 38.5 Å². The molecule has 36 heteroatoms. The van der Waals surface area contributed by atoms with Crippen molar-refractivity contribution in [2.75, 3.05) is 104 Å². The summed E-state index contributed by atoms with van der Waals surface area (Å²) in [6.07, 6.45) is 20.7. The number of ether oxygens (including phenoxy) is 4. The Hall–Kier alpha value is -11.1. The Labute approximate surface area is 876 Å². The van der Waals surface area contributed by atoms with Gasteiger partial charge in [0.1, 0.15) is 67.3 Å². The fourth-order valence-corrected chi connectivity index (χ4v) is 28.4. The largest absolute Gasteiger partial charge is 0.490 e. The summed E-state index contributed by atoms with van der Waals surface area (Å²) in [5, 5.41) is 41.6. The van der Waals surface area contributed by atoms with Gasteiger partial charge >= 0.3 is 0 Å². The summed E-state index contributed by atoms with van der Waals surface area (Å²) in [5.74, 6) is 2.74. The topological polar surface area (TPSA) is 381 Å². The first-order chi connectivity index (χ1) is 70.0. The Morgan fingerprint density at radius 1 is 0.342 bits per heavy atom. The lowest BCUT2D eigenvalue weighted by Gasteiger charge is -2.26. The van der Waals surface area contributed by atoms with Gasteiger partial charge in [-0.25, -0.2) is 72.5 Å².